The molecule has 0 aliphatic carbocycles. The largest absolute Gasteiger partial charge is 0.497 e. The lowest BCUT2D eigenvalue weighted by Crippen LogP contribution is -2.53. The van der Waals surface area contributed by atoms with Gasteiger partial charge in [-0.2, -0.15) is 0 Å². The van der Waals surface area contributed by atoms with Crippen molar-refractivity contribution in [3.8, 4) is 5.75 Å². The van der Waals surface area contributed by atoms with Gasteiger partial charge < -0.3 is 25.6 Å². The molecule has 4 amide bonds. The average molecular weight is 439 g/mol. The Kier molecular flexibility index (Phi) is 8.08. The van der Waals surface area contributed by atoms with E-state index in [2.05, 4.69) is 16.0 Å². The number of nitrogens with zero attached hydrogens (tertiary/aromatic N) is 1. The van der Waals surface area contributed by atoms with Crippen molar-refractivity contribution in [2.75, 3.05) is 25.5 Å². The third-order valence-corrected chi connectivity index (χ3v) is 5.43. The maximum absolute atomic E-state index is 12.8. The Morgan fingerprint density at radius 1 is 1.06 bits per heavy atom. The van der Waals surface area contributed by atoms with Crippen molar-refractivity contribution in [1.29, 1.82) is 0 Å². The fourth-order valence-corrected chi connectivity index (χ4v) is 3.74. The molecule has 0 spiro atoms. The molecule has 1 aliphatic heterocycles. The zero-order valence-corrected chi connectivity index (χ0v) is 18.5. The second kappa shape index (κ2) is 11.2. The second-order valence-electron chi connectivity index (χ2n) is 7.87. The number of carbonyl (C=O) groups excluding carboxylic acids is 3. The average Bonchev–Trinajstić information content (AvgIpc) is 2.79. The van der Waals surface area contributed by atoms with Crippen molar-refractivity contribution >= 4 is 23.5 Å². The number of likely N-dealkylation sites (tertiary alicyclic amines) is 1. The predicted molar refractivity (Wildman–Crippen MR) is 123 cm³/mol. The van der Waals surface area contributed by atoms with Gasteiger partial charge in [-0.05, 0) is 30.5 Å². The van der Waals surface area contributed by atoms with E-state index in [-0.39, 0.29) is 23.9 Å². The molecule has 0 aromatic heterocycles. The molecule has 1 unspecified atom stereocenters. The summed E-state index contributed by atoms with van der Waals surface area (Å²) in [7, 11) is 1.58. The molecular formula is C24H30N4O4. The van der Waals surface area contributed by atoms with E-state index in [9.17, 15) is 14.4 Å². The van der Waals surface area contributed by atoms with Crippen LogP contribution in [0, 0.1) is 0 Å². The lowest BCUT2D eigenvalue weighted by Gasteiger charge is -2.33. The number of hydrogen-bond acceptors (Lipinski definition) is 4. The number of piperidine rings is 1. The van der Waals surface area contributed by atoms with Crippen LogP contribution in [0.3, 0.4) is 0 Å². The normalized spacial score (nSPS) is 14.9. The minimum Gasteiger partial charge on any atom is -0.497 e. The number of rotatable bonds is 7. The second-order valence-corrected chi connectivity index (χ2v) is 7.87. The minimum absolute atomic E-state index is 0.0459. The van der Waals surface area contributed by atoms with Crippen molar-refractivity contribution in [2.45, 2.75) is 38.3 Å². The molecule has 1 saturated heterocycles. The molecule has 0 saturated carbocycles. The van der Waals surface area contributed by atoms with Crippen LogP contribution in [0.2, 0.25) is 0 Å². The molecule has 170 valence electrons. The number of amides is 4. The zero-order valence-electron chi connectivity index (χ0n) is 18.5. The Hall–Kier alpha value is -3.55. The number of hydrogen-bond donors (Lipinski definition) is 3. The first-order valence-corrected chi connectivity index (χ1v) is 10.8. The molecule has 2 aromatic carbocycles. The van der Waals surface area contributed by atoms with Gasteiger partial charge in [-0.25, -0.2) is 4.79 Å². The maximum Gasteiger partial charge on any atom is 0.321 e. The van der Waals surface area contributed by atoms with Crippen LogP contribution < -0.4 is 20.7 Å². The number of nitrogens with one attached hydrogen (secondary N) is 3. The smallest absolute Gasteiger partial charge is 0.321 e. The standard InChI is InChI=1S/C24H30N4O4/c1-17(29)25-22(15-18-7-4-3-5-8-18)23(30)26-19-11-13-28(14-12-19)24(31)27-20-9-6-10-21(16-20)32-2/h3-10,16,19,22H,11-15H2,1-2H3,(H,25,29)(H,26,30)(H,27,31). The van der Waals surface area contributed by atoms with E-state index in [1.165, 1.54) is 6.92 Å². The number of carbonyl (C=O) groups is 3. The first-order valence-electron chi connectivity index (χ1n) is 10.8. The lowest BCUT2D eigenvalue weighted by atomic mass is 10.0. The van der Waals surface area contributed by atoms with E-state index in [4.69, 9.17) is 4.74 Å². The van der Waals surface area contributed by atoms with Crippen LogP contribution in [0.4, 0.5) is 10.5 Å². The number of anilines is 1. The Morgan fingerprint density at radius 2 is 1.78 bits per heavy atom. The molecule has 2 aromatic rings. The molecule has 1 aliphatic rings. The molecule has 32 heavy (non-hydrogen) atoms. The number of ether oxygens (including phenoxy) is 1. The van der Waals surface area contributed by atoms with Gasteiger partial charge in [0.15, 0.2) is 0 Å². The van der Waals surface area contributed by atoms with E-state index in [1.807, 2.05) is 48.5 Å². The summed E-state index contributed by atoms with van der Waals surface area (Å²) in [5.74, 6) is 0.224. The number of benzene rings is 2. The zero-order chi connectivity index (χ0) is 22.9. The molecule has 1 fully saturated rings. The first-order chi connectivity index (χ1) is 15.4. The highest BCUT2D eigenvalue weighted by atomic mass is 16.5. The highest BCUT2D eigenvalue weighted by Gasteiger charge is 2.27. The van der Waals surface area contributed by atoms with Crippen molar-refractivity contribution in [3.05, 3.63) is 60.2 Å². The van der Waals surface area contributed by atoms with Gasteiger partial charge in [0.05, 0.1) is 7.11 Å². The molecule has 8 heteroatoms. The summed E-state index contributed by atoms with van der Waals surface area (Å²) in [6, 6.07) is 15.9. The van der Waals surface area contributed by atoms with E-state index in [0.29, 0.717) is 43.8 Å². The van der Waals surface area contributed by atoms with E-state index in [0.717, 1.165) is 5.56 Å². The molecule has 1 heterocycles. The summed E-state index contributed by atoms with van der Waals surface area (Å²) in [6.45, 7) is 2.47. The minimum atomic E-state index is -0.635. The highest BCUT2D eigenvalue weighted by Crippen LogP contribution is 2.18. The van der Waals surface area contributed by atoms with Crippen molar-refractivity contribution in [3.63, 3.8) is 0 Å². The van der Waals surface area contributed by atoms with Crippen molar-refractivity contribution in [1.82, 2.24) is 15.5 Å². The van der Waals surface area contributed by atoms with Crippen LogP contribution in [0.5, 0.6) is 5.75 Å². The summed E-state index contributed by atoms with van der Waals surface area (Å²) in [5, 5.41) is 8.67. The monoisotopic (exact) mass is 438 g/mol. The van der Waals surface area contributed by atoms with Gasteiger partial charge in [0.1, 0.15) is 11.8 Å². The Morgan fingerprint density at radius 3 is 2.44 bits per heavy atom. The van der Waals surface area contributed by atoms with Crippen LogP contribution in [0.1, 0.15) is 25.3 Å². The summed E-state index contributed by atoms with van der Waals surface area (Å²) in [5.41, 5.74) is 1.65. The molecule has 0 bridgehead atoms. The van der Waals surface area contributed by atoms with Gasteiger partial charge in [-0.3, -0.25) is 9.59 Å². The van der Waals surface area contributed by atoms with Crippen LogP contribution >= 0.6 is 0 Å². The van der Waals surface area contributed by atoms with Gasteiger partial charge in [-0.15, -0.1) is 0 Å². The van der Waals surface area contributed by atoms with Gasteiger partial charge in [0.2, 0.25) is 11.8 Å². The van der Waals surface area contributed by atoms with Gasteiger partial charge in [-0.1, -0.05) is 36.4 Å². The van der Waals surface area contributed by atoms with Crippen LogP contribution in [-0.2, 0) is 16.0 Å². The summed E-state index contributed by atoms with van der Waals surface area (Å²) in [4.78, 5) is 38.7. The number of urea groups is 1. The van der Waals surface area contributed by atoms with Crippen LogP contribution in [0.25, 0.3) is 0 Å². The summed E-state index contributed by atoms with van der Waals surface area (Å²) < 4.78 is 5.18. The van der Waals surface area contributed by atoms with Gasteiger partial charge >= 0.3 is 6.03 Å². The molecule has 3 N–H and O–H groups in total. The molecule has 8 nitrogen and oxygen atoms in total. The third kappa shape index (κ3) is 6.73. The summed E-state index contributed by atoms with van der Waals surface area (Å²) in [6.07, 6.45) is 1.72. The molecule has 1 atom stereocenters. The fourth-order valence-electron chi connectivity index (χ4n) is 3.74. The lowest BCUT2D eigenvalue weighted by molar-refractivity contribution is -0.128. The van der Waals surface area contributed by atoms with Crippen molar-refractivity contribution in [2.24, 2.45) is 0 Å². The van der Waals surface area contributed by atoms with Crippen molar-refractivity contribution < 1.29 is 19.1 Å². The SMILES string of the molecule is COc1cccc(NC(=O)N2CCC(NC(=O)C(Cc3ccccc3)NC(C)=O)CC2)c1. The van der Waals surface area contributed by atoms with E-state index < -0.39 is 6.04 Å². The summed E-state index contributed by atoms with van der Waals surface area (Å²) >= 11 is 0. The van der Waals surface area contributed by atoms with Gasteiger partial charge in [0, 0.05) is 44.2 Å². The number of methoxy groups -OCH3 is 1. The Bertz CT molecular complexity index is 927. The molecular weight excluding hydrogens is 408 g/mol. The fraction of sp³-hybridized carbons (Fsp3) is 0.375. The Balaban J connectivity index is 1.50. The highest BCUT2D eigenvalue weighted by molar-refractivity contribution is 5.90. The maximum atomic E-state index is 12.8. The van der Waals surface area contributed by atoms with Crippen LogP contribution in [-0.4, -0.2) is 55.0 Å². The first kappa shape index (κ1) is 23.1. The van der Waals surface area contributed by atoms with E-state index >= 15 is 0 Å². The van der Waals surface area contributed by atoms with Gasteiger partial charge in [0.25, 0.3) is 0 Å². The molecule has 0 radical (unpaired) electrons. The predicted octanol–water partition coefficient (Wildman–Crippen LogP) is 2.56. The topological polar surface area (TPSA) is 99.8 Å². The van der Waals surface area contributed by atoms with Crippen LogP contribution in [0.15, 0.2) is 54.6 Å². The molecule has 3 rings (SSSR count). The Labute approximate surface area is 188 Å². The quantitative estimate of drug-likeness (QED) is 0.619. The van der Waals surface area contributed by atoms with E-state index in [1.54, 1.807) is 18.1 Å². The third-order valence-electron chi connectivity index (χ3n) is 5.43.